The average molecular weight is 311 g/mol. The minimum Gasteiger partial charge on any atom is -0.324 e. The van der Waals surface area contributed by atoms with Crippen LogP contribution in [0.15, 0.2) is 30.6 Å². The molecule has 1 aromatic carbocycles. The molecule has 1 aromatic heterocycles. The van der Waals surface area contributed by atoms with Crippen LogP contribution >= 0.6 is 12.4 Å². The number of hydrogen-bond acceptors (Lipinski definition) is 3. The fourth-order valence-electron chi connectivity index (χ4n) is 1.93. The molecule has 2 aromatic rings. The molecule has 5 nitrogen and oxygen atoms in total. The van der Waals surface area contributed by atoms with E-state index in [0.717, 1.165) is 5.56 Å². The van der Waals surface area contributed by atoms with Crippen molar-refractivity contribution >= 4 is 24.0 Å². The van der Waals surface area contributed by atoms with Crippen molar-refractivity contribution in [2.75, 3.05) is 5.32 Å². The molecule has 0 saturated heterocycles. The summed E-state index contributed by atoms with van der Waals surface area (Å²) in [5, 5.41) is 6.69. The summed E-state index contributed by atoms with van der Waals surface area (Å²) in [4.78, 5) is 11.8. The van der Waals surface area contributed by atoms with Gasteiger partial charge in [-0.1, -0.05) is 0 Å². The molecule has 1 heterocycles. The van der Waals surface area contributed by atoms with Crippen LogP contribution in [0.25, 0.3) is 5.69 Å². The molecule has 0 spiro atoms. The maximum Gasteiger partial charge on any atom is 0.244 e. The van der Waals surface area contributed by atoms with E-state index in [1.54, 1.807) is 24.5 Å². The summed E-state index contributed by atoms with van der Waals surface area (Å²) in [6.45, 7) is 1.88. The Bertz CT molecular complexity index is 681. The lowest BCUT2D eigenvalue weighted by atomic mass is 10.2. The molecule has 1 fully saturated rings. The van der Waals surface area contributed by atoms with Gasteiger partial charge >= 0.3 is 0 Å². The molecule has 1 aliphatic rings. The highest BCUT2D eigenvalue weighted by atomic mass is 35.5. The number of carbonyl (C=O) groups is 1. The van der Waals surface area contributed by atoms with Gasteiger partial charge in [0.25, 0.3) is 0 Å². The number of nitrogens with one attached hydrogen (secondary N) is 1. The second-order valence-corrected chi connectivity index (χ2v) is 5.24. The van der Waals surface area contributed by atoms with Gasteiger partial charge in [-0.25, -0.2) is 9.07 Å². The van der Waals surface area contributed by atoms with Crippen LogP contribution in [-0.4, -0.2) is 21.2 Å². The number of halogens is 2. The Morgan fingerprint density at radius 2 is 2.19 bits per heavy atom. The minimum absolute atomic E-state index is 0. The number of anilines is 1. The van der Waals surface area contributed by atoms with Gasteiger partial charge in [0.05, 0.1) is 11.7 Å². The van der Waals surface area contributed by atoms with Gasteiger partial charge in [-0.05, 0) is 43.5 Å². The lowest BCUT2D eigenvalue weighted by molar-refractivity contribution is -0.118. The third-order valence-corrected chi connectivity index (χ3v) is 3.40. The number of nitrogens with two attached hydrogens (primary N) is 1. The monoisotopic (exact) mass is 310 g/mol. The van der Waals surface area contributed by atoms with Crippen molar-refractivity contribution < 1.29 is 9.18 Å². The molecule has 0 radical (unpaired) electrons. The van der Waals surface area contributed by atoms with E-state index in [0.29, 0.717) is 24.2 Å². The number of amides is 1. The van der Waals surface area contributed by atoms with E-state index in [9.17, 15) is 9.18 Å². The van der Waals surface area contributed by atoms with E-state index in [1.165, 1.54) is 10.7 Å². The molecule has 0 bridgehead atoms. The van der Waals surface area contributed by atoms with Gasteiger partial charge in [-0.3, -0.25) is 4.79 Å². The van der Waals surface area contributed by atoms with Crippen LogP contribution in [0.4, 0.5) is 10.1 Å². The number of benzene rings is 1. The van der Waals surface area contributed by atoms with E-state index in [2.05, 4.69) is 10.4 Å². The van der Waals surface area contributed by atoms with E-state index in [-0.39, 0.29) is 18.3 Å². The van der Waals surface area contributed by atoms with E-state index in [1.807, 2.05) is 6.92 Å². The maximum atomic E-state index is 14.1. The summed E-state index contributed by atoms with van der Waals surface area (Å²) in [6, 6.07) is 4.49. The number of aromatic nitrogens is 2. The molecule has 3 N–H and O–H groups in total. The number of nitrogens with zero attached hydrogens (tertiary/aromatic N) is 2. The minimum atomic E-state index is -0.770. The second-order valence-electron chi connectivity index (χ2n) is 5.24. The molecular formula is C14H16ClFN4O. The highest BCUT2D eigenvalue weighted by Gasteiger charge is 2.45. The molecule has 21 heavy (non-hydrogen) atoms. The quantitative estimate of drug-likeness (QED) is 0.912. The summed E-state index contributed by atoms with van der Waals surface area (Å²) in [7, 11) is 0. The van der Waals surface area contributed by atoms with Crippen LogP contribution < -0.4 is 11.1 Å². The topological polar surface area (TPSA) is 72.9 Å². The predicted octanol–water partition coefficient (Wildman–Crippen LogP) is 2.17. The van der Waals surface area contributed by atoms with Gasteiger partial charge in [0.15, 0.2) is 5.82 Å². The number of carbonyl (C=O) groups excluding carboxylic acids is 1. The molecule has 112 valence electrons. The number of rotatable bonds is 3. The molecular weight excluding hydrogens is 295 g/mol. The van der Waals surface area contributed by atoms with Gasteiger partial charge in [0, 0.05) is 11.9 Å². The summed E-state index contributed by atoms with van der Waals surface area (Å²) >= 11 is 0. The smallest absolute Gasteiger partial charge is 0.244 e. The number of hydrogen-bond donors (Lipinski definition) is 2. The van der Waals surface area contributed by atoms with Gasteiger partial charge in [0.2, 0.25) is 5.91 Å². The van der Waals surface area contributed by atoms with E-state index in [4.69, 9.17) is 5.73 Å². The Labute approximate surface area is 127 Å². The van der Waals surface area contributed by atoms with Gasteiger partial charge in [-0.2, -0.15) is 5.10 Å². The van der Waals surface area contributed by atoms with Crippen molar-refractivity contribution in [2.24, 2.45) is 5.73 Å². The molecule has 0 aliphatic heterocycles. The first-order valence-electron chi connectivity index (χ1n) is 6.39. The van der Waals surface area contributed by atoms with E-state index < -0.39 is 11.4 Å². The van der Waals surface area contributed by atoms with Crippen molar-refractivity contribution in [1.82, 2.24) is 9.78 Å². The van der Waals surface area contributed by atoms with Crippen molar-refractivity contribution in [3.63, 3.8) is 0 Å². The van der Waals surface area contributed by atoms with Crippen molar-refractivity contribution in [1.29, 1.82) is 0 Å². The largest absolute Gasteiger partial charge is 0.324 e. The fourth-order valence-corrected chi connectivity index (χ4v) is 1.93. The maximum absolute atomic E-state index is 14.1. The van der Waals surface area contributed by atoms with Crippen molar-refractivity contribution in [2.45, 2.75) is 25.3 Å². The molecule has 0 unspecified atom stereocenters. The lowest BCUT2D eigenvalue weighted by Crippen LogP contribution is -2.37. The Hall–Kier alpha value is -1.92. The predicted molar refractivity (Wildman–Crippen MR) is 80.3 cm³/mol. The van der Waals surface area contributed by atoms with E-state index >= 15 is 0 Å². The Kier molecular flexibility index (Phi) is 4.02. The van der Waals surface area contributed by atoms with Gasteiger partial charge in [-0.15, -0.1) is 12.4 Å². The molecule has 1 amide bonds. The normalized spacial score (nSPS) is 15.2. The molecule has 1 saturated carbocycles. The first-order valence-corrected chi connectivity index (χ1v) is 6.39. The first-order chi connectivity index (χ1) is 9.48. The summed E-state index contributed by atoms with van der Waals surface area (Å²) < 4.78 is 15.5. The highest BCUT2D eigenvalue weighted by molar-refractivity contribution is 6.00. The van der Waals surface area contributed by atoms with Crippen molar-refractivity contribution in [3.8, 4) is 5.69 Å². The zero-order valence-corrected chi connectivity index (χ0v) is 12.3. The van der Waals surface area contributed by atoms with Gasteiger partial charge in [0.1, 0.15) is 5.69 Å². The summed E-state index contributed by atoms with van der Waals surface area (Å²) in [6.07, 6.45) is 4.73. The third kappa shape index (κ3) is 3.06. The summed E-state index contributed by atoms with van der Waals surface area (Å²) in [5.41, 5.74) is 6.69. The van der Waals surface area contributed by atoms with Crippen LogP contribution in [0.2, 0.25) is 0 Å². The Morgan fingerprint density at radius 1 is 1.48 bits per heavy atom. The number of aryl methyl sites for hydroxylation is 1. The third-order valence-electron chi connectivity index (χ3n) is 3.40. The Morgan fingerprint density at radius 3 is 2.71 bits per heavy atom. The molecule has 0 atom stereocenters. The van der Waals surface area contributed by atoms with Crippen LogP contribution in [-0.2, 0) is 4.79 Å². The fraction of sp³-hybridized carbons (Fsp3) is 0.286. The summed E-state index contributed by atoms with van der Waals surface area (Å²) in [5.74, 6) is -0.715. The zero-order valence-electron chi connectivity index (χ0n) is 11.5. The SMILES string of the molecule is Cc1cnn(-c2ccc(NC(=O)C3(N)CC3)cc2F)c1.Cl. The van der Waals surface area contributed by atoms with Crippen LogP contribution in [0, 0.1) is 12.7 Å². The second kappa shape index (κ2) is 5.46. The van der Waals surface area contributed by atoms with Gasteiger partial charge < -0.3 is 11.1 Å². The zero-order chi connectivity index (χ0) is 14.3. The standard InChI is InChI=1S/C14H15FN4O.ClH/c1-9-7-17-19(8-9)12-3-2-10(6-11(12)15)18-13(20)14(16)4-5-14;/h2-3,6-8H,4-5,16H2,1H3,(H,18,20);1H. The average Bonchev–Trinajstić information content (AvgIpc) is 3.01. The van der Waals surface area contributed by atoms with Crippen molar-refractivity contribution in [3.05, 3.63) is 42.0 Å². The van der Waals surface area contributed by atoms with Crippen LogP contribution in [0.5, 0.6) is 0 Å². The first kappa shape index (κ1) is 15.5. The Balaban J connectivity index is 0.00000161. The van der Waals surface area contributed by atoms with Crippen LogP contribution in [0.3, 0.4) is 0 Å². The molecule has 7 heteroatoms. The lowest BCUT2D eigenvalue weighted by Gasteiger charge is -2.11. The van der Waals surface area contributed by atoms with Crippen LogP contribution in [0.1, 0.15) is 18.4 Å². The highest BCUT2D eigenvalue weighted by Crippen LogP contribution is 2.33. The molecule has 3 rings (SSSR count). The molecule has 1 aliphatic carbocycles.